The minimum atomic E-state index is -4.64. The maximum absolute atomic E-state index is 14.1. The summed E-state index contributed by atoms with van der Waals surface area (Å²) in [7, 11) is 0. The van der Waals surface area contributed by atoms with Crippen LogP contribution in [0.2, 0.25) is 0 Å². The topological polar surface area (TPSA) is 58.6 Å². The van der Waals surface area contributed by atoms with E-state index in [-0.39, 0.29) is 5.39 Å². The van der Waals surface area contributed by atoms with E-state index in [0.717, 1.165) is 6.07 Å². The molecule has 118 valence electrons. The van der Waals surface area contributed by atoms with Gasteiger partial charge in [0.25, 0.3) is 5.56 Å². The number of benzene rings is 1. The molecule has 0 aliphatic rings. The van der Waals surface area contributed by atoms with Crippen molar-refractivity contribution < 1.29 is 22.0 Å². The zero-order valence-corrected chi connectivity index (χ0v) is 11.1. The summed E-state index contributed by atoms with van der Waals surface area (Å²) < 4.78 is 65.5. The molecule has 0 atom stereocenters. The number of alkyl halides is 3. The number of aromatic nitrogens is 3. The number of rotatable bonds is 1. The molecule has 0 saturated carbocycles. The summed E-state index contributed by atoms with van der Waals surface area (Å²) in [5.74, 6) is -3.24. The van der Waals surface area contributed by atoms with Crippen LogP contribution in [0, 0.1) is 11.6 Å². The Labute approximate surface area is 124 Å². The highest BCUT2D eigenvalue weighted by atomic mass is 19.4. The van der Waals surface area contributed by atoms with Crippen LogP contribution in [0.4, 0.5) is 22.0 Å². The Morgan fingerprint density at radius 2 is 1.70 bits per heavy atom. The van der Waals surface area contributed by atoms with E-state index in [1.165, 1.54) is 12.3 Å². The summed E-state index contributed by atoms with van der Waals surface area (Å²) >= 11 is 0. The zero-order chi connectivity index (χ0) is 16.8. The summed E-state index contributed by atoms with van der Waals surface area (Å²) in [5, 5.41) is -0.410. The van der Waals surface area contributed by atoms with Crippen molar-refractivity contribution in [3.8, 4) is 11.4 Å². The lowest BCUT2D eigenvalue weighted by Gasteiger charge is -2.08. The fraction of sp³-hybridized carbons (Fsp3) is 0.0714. The molecule has 0 fully saturated rings. The van der Waals surface area contributed by atoms with Gasteiger partial charge in [-0.2, -0.15) is 13.2 Å². The lowest BCUT2D eigenvalue weighted by Crippen LogP contribution is -2.09. The Morgan fingerprint density at radius 3 is 2.30 bits per heavy atom. The summed E-state index contributed by atoms with van der Waals surface area (Å²) in [5.41, 5.74) is -2.37. The van der Waals surface area contributed by atoms with E-state index in [0.29, 0.717) is 12.4 Å². The third-order valence-corrected chi connectivity index (χ3v) is 3.16. The van der Waals surface area contributed by atoms with Crippen LogP contribution < -0.4 is 5.56 Å². The molecule has 0 saturated heterocycles. The molecule has 0 spiro atoms. The number of halogens is 5. The zero-order valence-electron chi connectivity index (χ0n) is 11.1. The molecule has 23 heavy (non-hydrogen) atoms. The molecule has 0 radical (unpaired) electrons. The lowest BCUT2D eigenvalue weighted by atomic mass is 10.1. The van der Waals surface area contributed by atoms with Gasteiger partial charge in [-0.25, -0.2) is 18.7 Å². The van der Waals surface area contributed by atoms with Crippen LogP contribution >= 0.6 is 0 Å². The quantitative estimate of drug-likeness (QED) is 0.698. The van der Waals surface area contributed by atoms with Crippen LogP contribution in [-0.4, -0.2) is 15.0 Å². The Bertz CT molecular complexity index is 948. The number of hydrogen-bond acceptors (Lipinski definition) is 3. The van der Waals surface area contributed by atoms with Crippen molar-refractivity contribution in [1.82, 2.24) is 15.0 Å². The van der Waals surface area contributed by atoms with E-state index < -0.39 is 45.7 Å². The first-order valence-corrected chi connectivity index (χ1v) is 6.18. The molecule has 1 aromatic carbocycles. The van der Waals surface area contributed by atoms with Crippen molar-refractivity contribution in [2.45, 2.75) is 6.18 Å². The van der Waals surface area contributed by atoms with Crippen LogP contribution in [0.1, 0.15) is 5.56 Å². The second-order valence-corrected chi connectivity index (χ2v) is 4.62. The van der Waals surface area contributed by atoms with Gasteiger partial charge in [0, 0.05) is 18.6 Å². The van der Waals surface area contributed by atoms with Crippen LogP contribution in [0.5, 0.6) is 0 Å². The van der Waals surface area contributed by atoms with Crippen molar-refractivity contribution in [2.75, 3.05) is 0 Å². The molecule has 2 aromatic heterocycles. The fourth-order valence-electron chi connectivity index (χ4n) is 2.06. The monoisotopic (exact) mass is 327 g/mol. The van der Waals surface area contributed by atoms with Crippen LogP contribution in [0.25, 0.3) is 22.2 Å². The smallest absolute Gasteiger partial charge is 0.328 e. The second kappa shape index (κ2) is 5.11. The third-order valence-electron chi connectivity index (χ3n) is 3.16. The SMILES string of the molecule is O=c1[nH]ccc2cc(-c3ncc(C(F)(F)F)cn3)c(F)c(F)c12. The fourth-order valence-corrected chi connectivity index (χ4v) is 2.06. The summed E-state index contributed by atoms with van der Waals surface area (Å²) in [4.78, 5) is 20.6. The van der Waals surface area contributed by atoms with Crippen LogP contribution in [-0.2, 0) is 6.18 Å². The predicted molar refractivity (Wildman–Crippen MR) is 70.5 cm³/mol. The highest BCUT2D eigenvalue weighted by Gasteiger charge is 2.31. The van der Waals surface area contributed by atoms with Gasteiger partial charge in [0.05, 0.1) is 16.5 Å². The molecule has 0 amide bonds. The number of nitrogens with one attached hydrogen (secondary N) is 1. The van der Waals surface area contributed by atoms with Gasteiger partial charge < -0.3 is 4.98 Å². The molecule has 0 bridgehead atoms. The summed E-state index contributed by atoms with van der Waals surface area (Å²) in [6.07, 6.45) is -2.46. The first-order chi connectivity index (χ1) is 10.8. The molecule has 2 heterocycles. The molecule has 9 heteroatoms. The molecular formula is C14H6F5N3O. The Hall–Kier alpha value is -2.84. The maximum Gasteiger partial charge on any atom is 0.419 e. The van der Waals surface area contributed by atoms with Crippen molar-refractivity contribution in [3.63, 3.8) is 0 Å². The van der Waals surface area contributed by atoms with Crippen LogP contribution in [0.15, 0.2) is 35.5 Å². The van der Waals surface area contributed by atoms with Crippen molar-refractivity contribution >= 4 is 10.8 Å². The Balaban J connectivity index is 2.21. The molecule has 0 aliphatic carbocycles. The van der Waals surface area contributed by atoms with E-state index in [4.69, 9.17) is 0 Å². The third kappa shape index (κ3) is 2.54. The van der Waals surface area contributed by atoms with Gasteiger partial charge >= 0.3 is 6.18 Å². The largest absolute Gasteiger partial charge is 0.419 e. The lowest BCUT2D eigenvalue weighted by molar-refractivity contribution is -0.138. The number of nitrogens with zero attached hydrogens (tertiary/aromatic N) is 2. The van der Waals surface area contributed by atoms with E-state index in [1.807, 2.05) is 0 Å². The van der Waals surface area contributed by atoms with E-state index in [9.17, 15) is 26.7 Å². The van der Waals surface area contributed by atoms with Gasteiger partial charge in [0.15, 0.2) is 17.5 Å². The summed E-state index contributed by atoms with van der Waals surface area (Å²) in [6, 6.07) is 2.43. The van der Waals surface area contributed by atoms with Gasteiger partial charge in [-0.05, 0) is 17.5 Å². The van der Waals surface area contributed by atoms with Crippen molar-refractivity contribution in [2.24, 2.45) is 0 Å². The Morgan fingerprint density at radius 1 is 1.04 bits per heavy atom. The van der Waals surface area contributed by atoms with Gasteiger partial charge in [0.1, 0.15) is 0 Å². The first-order valence-electron chi connectivity index (χ1n) is 6.18. The van der Waals surface area contributed by atoms with Gasteiger partial charge in [-0.15, -0.1) is 0 Å². The number of hydrogen-bond donors (Lipinski definition) is 1. The van der Waals surface area contributed by atoms with Crippen LogP contribution in [0.3, 0.4) is 0 Å². The number of aromatic amines is 1. The molecule has 3 aromatic rings. The first kappa shape index (κ1) is 15.1. The molecule has 0 unspecified atom stereocenters. The highest BCUT2D eigenvalue weighted by molar-refractivity contribution is 5.86. The van der Waals surface area contributed by atoms with E-state index >= 15 is 0 Å². The molecule has 3 rings (SSSR count). The molecule has 0 aliphatic heterocycles. The van der Waals surface area contributed by atoms with E-state index in [1.54, 1.807) is 0 Å². The molecular weight excluding hydrogens is 321 g/mol. The minimum absolute atomic E-state index is 0.0751. The van der Waals surface area contributed by atoms with Gasteiger partial charge in [-0.1, -0.05) is 0 Å². The van der Waals surface area contributed by atoms with Crippen molar-refractivity contribution in [1.29, 1.82) is 0 Å². The average Bonchev–Trinajstić information content (AvgIpc) is 2.50. The minimum Gasteiger partial charge on any atom is -0.328 e. The average molecular weight is 327 g/mol. The molecule has 4 nitrogen and oxygen atoms in total. The van der Waals surface area contributed by atoms with Gasteiger partial charge in [-0.3, -0.25) is 4.79 Å². The van der Waals surface area contributed by atoms with Gasteiger partial charge in [0.2, 0.25) is 0 Å². The molecule has 1 N–H and O–H groups in total. The number of H-pyrrole nitrogens is 1. The number of pyridine rings is 1. The predicted octanol–water partition coefficient (Wildman–Crippen LogP) is 3.28. The maximum atomic E-state index is 14.1. The standard InChI is InChI=1S/C14H6F5N3O/c15-10-8(12-21-4-7(5-22-12)14(17,18)19)3-6-1-2-20-13(23)9(6)11(10)16/h1-5H,(H,20,23). The van der Waals surface area contributed by atoms with Crippen molar-refractivity contribution in [3.05, 3.63) is 58.3 Å². The Kier molecular flexibility index (Phi) is 3.35. The van der Waals surface area contributed by atoms with E-state index in [2.05, 4.69) is 15.0 Å². The normalized spacial score (nSPS) is 11.9. The second-order valence-electron chi connectivity index (χ2n) is 4.62. The highest BCUT2D eigenvalue weighted by Crippen LogP contribution is 2.30. The summed E-state index contributed by atoms with van der Waals surface area (Å²) in [6.45, 7) is 0. The number of fused-ring (bicyclic) bond motifs is 1.